The van der Waals surface area contributed by atoms with E-state index in [0.717, 1.165) is 5.56 Å². The van der Waals surface area contributed by atoms with Gasteiger partial charge in [0.2, 0.25) is 0 Å². The summed E-state index contributed by atoms with van der Waals surface area (Å²) in [5.41, 5.74) is 0.992. The topological polar surface area (TPSA) is 49.7 Å². The number of ether oxygens (including phenoxy) is 1. The number of phenolic OH excluding ortho intramolecular Hbond substituents is 1. The van der Waals surface area contributed by atoms with Crippen LogP contribution in [0.25, 0.3) is 0 Å². The maximum atomic E-state index is 9.78. The second-order valence-electron chi connectivity index (χ2n) is 3.60. The first-order valence-corrected chi connectivity index (χ1v) is 5.21. The summed E-state index contributed by atoms with van der Waals surface area (Å²) < 4.78 is 5.30. The van der Waals surface area contributed by atoms with Crippen molar-refractivity contribution in [2.24, 2.45) is 0 Å². The van der Waals surface area contributed by atoms with Crippen molar-refractivity contribution in [3.63, 3.8) is 0 Å². The Hall–Kier alpha value is -1.06. The number of aliphatic hydroxyl groups is 1. The third-order valence-corrected chi connectivity index (χ3v) is 2.35. The van der Waals surface area contributed by atoms with Crippen molar-refractivity contribution in [2.75, 3.05) is 6.61 Å². The number of phenols is 1. The maximum Gasteiger partial charge on any atom is 0.115 e. The highest BCUT2D eigenvalue weighted by Crippen LogP contribution is 2.13. The molecule has 15 heavy (non-hydrogen) atoms. The van der Waals surface area contributed by atoms with Gasteiger partial charge >= 0.3 is 0 Å². The van der Waals surface area contributed by atoms with E-state index in [0.29, 0.717) is 13.0 Å². The minimum absolute atomic E-state index is 0.163. The Morgan fingerprint density at radius 3 is 2.40 bits per heavy atom. The van der Waals surface area contributed by atoms with Gasteiger partial charge in [-0.05, 0) is 31.5 Å². The van der Waals surface area contributed by atoms with Gasteiger partial charge in [-0.15, -0.1) is 0 Å². The van der Waals surface area contributed by atoms with Crippen LogP contribution in [0.1, 0.15) is 19.4 Å². The molecule has 0 saturated heterocycles. The van der Waals surface area contributed by atoms with Crippen molar-refractivity contribution >= 4 is 0 Å². The van der Waals surface area contributed by atoms with E-state index in [2.05, 4.69) is 0 Å². The van der Waals surface area contributed by atoms with Crippen LogP contribution in [0, 0.1) is 0 Å². The van der Waals surface area contributed by atoms with Crippen molar-refractivity contribution in [3.05, 3.63) is 29.8 Å². The number of rotatable bonds is 5. The first kappa shape index (κ1) is 12.0. The highest BCUT2D eigenvalue weighted by atomic mass is 16.5. The average Bonchev–Trinajstić information content (AvgIpc) is 2.22. The minimum atomic E-state index is -0.505. The molecule has 0 aliphatic rings. The van der Waals surface area contributed by atoms with Crippen LogP contribution >= 0.6 is 0 Å². The standard InChI is InChI=1S/C12H18O3/c1-3-15-9(2)12(14)8-10-4-6-11(13)7-5-10/h4-7,9,12-14H,3,8H2,1-2H3. The first-order valence-electron chi connectivity index (χ1n) is 5.21. The molecule has 0 fully saturated rings. The highest BCUT2D eigenvalue weighted by Gasteiger charge is 2.14. The molecule has 1 aromatic carbocycles. The molecule has 0 aliphatic heterocycles. The summed E-state index contributed by atoms with van der Waals surface area (Å²) in [5.74, 6) is 0.242. The van der Waals surface area contributed by atoms with E-state index >= 15 is 0 Å². The summed E-state index contributed by atoms with van der Waals surface area (Å²) in [6, 6.07) is 6.84. The maximum absolute atomic E-state index is 9.78. The average molecular weight is 210 g/mol. The summed E-state index contributed by atoms with van der Waals surface area (Å²) in [5, 5.41) is 18.9. The third kappa shape index (κ3) is 3.90. The van der Waals surface area contributed by atoms with Crippen LogP contribution in [-0.4, -0.2) is 29.0 Å². The largest absolute Gasteiger partial charge is 0.508 e. The van der Waals surface area contributed by atoms with E-state index in [9.17, 15) is 5.11 Å². The molecule has 0 amide bonds. The molecule has 0 aromatic heterocycles. The summed E-state index contributed by atoms with van der Waals surface area (Å²) in [6.45, 7) is 4.37. The van der Waals surface area contributed by atoms with E-state index in [1.54, 1.807) is 24.3 Å². The number of aliphatic hydroxyl groups excluding tert-OH is 1. The molecule has 2 N–H and O–H groups in total. The normalized spacial score (nSPS) is 14.9. The molecule has 1 rings (SSSR count). The third-order valence-electron chi connectivity index (χ3n) is 2.35. The molecule has 0 spiro atoms. The minimum Gasteiger partial charge on any atom is -0.508 e. The lowest BCUT2D eigenvalue weighted by molar-refractivity contribution is -0.0208. The van der Waals surface area contributed by atoms with Crippen molar-refractivity contribution in [1.29, 1.82) is 0 Å². The Bertz CT molecular complexity index is 281. The van der Waals surface area contributed by atoms with Gasteiger partial charge in [0.1, 0.15) is 5.75 Å². The second-order valence-corrected chi connectivity index (χ2v) is 3.60. The van der Waals surface area contributed by atoms with Crippen LogP contribution < -0.4 is 0 Å². The molecule has 84 valence electrons. The lowest BCUT2D eigenvalue weighted by Gasteiger charge is -2.18. The molecule has 0 heterocycles. The molecule has 1 aromatic rings. The van der Waals surface area contributed by atoms with Crippen molar-refractivity contribution < 1.29 is 14.9 Å². The van der Waals surface area contributed by atoms with Gasteiger partial charge in [-0.25, -0.2) is 0 Å². The van der Waals surface area contributed by atoms with Crippen molar-refractivity contribution in [2.45, 2.75) is 32.5 Å². The molecular formula is C12H18O3. The Morgan fingerprint density at radius 2 is 1.87 bits per heavy atom. The molecule has 3 nitrogen and oxygen atoms in total. The van der Waals surface area contributed by atoms with E-state index in [1.807, 2.05) is 13.8 Å². The fourth-order valence-corrected chi connectivity index (χ4v) is 1.41. The zero-order valence-corrected chi connectivity index (χ0v) is 9.18. The van der Waals surface area contributed by atoms with Gasteiger partial charge in [-0.1, -0.05) is 12.1 Å². The molecule has 0 radical (unpaired) electrons. The van der Waals surface area contributed by atoms with Crippen LogP contribution in [0.4, 0.5) is 0 Å². The van der Waals surface area contributed by atoms with Crippen LogP contribution in [0.2, 0.25) is 0 Å². The fraction of sp³-hybridized carbons (Fsp3) is 0.500. The monoisotopic (exact) mass is 210 g/mol. The van der Waals surface area contributed by atoms with Crippen LogP contribution in [0.5, 0.6) is 5.75 Å². The predicted molar refractivity (Wildman–Crippen MR) is 58.9 cm³/mol. The van der Waals surface area contributed by atoms with Gasteiger partial charge in [-0.3, -0.25) is 0 Å². The van der Waals surface area contributed by atoms with Gasteiger partial charge in [0, 0.05) is 13.0 Å². The smallest absolute Gasteiger partial charge is 0.115 e. The lowest BCUT2D eigenvalue weighted by atomic mass is 10.0. The van der Waals surface area contributed by atoms with E-state index in [-0.39, 0.29) is 11.9 Å². The van der Waals surface area contributed by atoms with Gasteiger partial charge in [-0.2, -0.15) is 0 Å². The molecule has 0 bridgehead atoms. The summed E-state index contributed by atoms with van der Waals surface area (Å²) in [4.78, 5) is 0. The number of hydrogen-bond donors (Lipinski definition) is 2. The van der Waals surface area contributed by atoms with Gasteiger partial charge in [0.05, 0.1) is 12.2 Å². The van der Waals surface area contributed by atoms with Crippen molar-refractivity contribution in [3.8, 4) is 5.75 Å². The molecular weight excluding hydrogens is 192 g/mol. The van der Waals surface area contributed by atoms with Crippen molar-refractivity contribution in [1.82, 2.24) is 0 Å². The van der Waals surface area contributed by atoms with E-state index < -0.39 is 6.10 Å². The molecule has 3 heteroatoms. The number of hydrogen-bond acceptors (Lipinski definition) is 3. The van der Waals surface area contributed by atoms with E-state index in [4.69, 9.17) is 9.84 Å². The molecule has 2 unspecified atom stereocenters. The molecule has 0 aliphatic carbocycles. The highest BCUT2D eigenvalue weighted by molar-refractivity contribution is 5.26. The number of benzene rings is 1. The Balaban J connectivity index is 2.50. The Labute approximate surface area is 90.3 Å². The fourth-order valence-electron chi connectivity index (χ4n) is 1.41. The second kappa shape index (κ2) is 5.73. The zero-order valence-electron chi connectivity index (χ0n) is 9.18. The van der Waals surface area contributed by atoms with Gasteiger partial charge < -0.3 is 14.9 Å². The zero-order chi connectivity index (χ0) is 11.3. The van der Waals surface area contributed by atoms with Crippen LogP contribution in [-0.2, 0) is 11.2 Å². The number of aromatic hydroxyl groups is 1. The quantitative estimate of drug-likeness (QED) is 0.778. The summed E-state index contributed by atoms with van der Waals surface area (Å²) in [6.07, 6.45) is -0.125. The molecule has 0 saturated carbocycles. The molecule has 2 atom stereocenters. The summed E-state index contributed by atoms with van der Waals surface area (Å²) in [7, 11) is 0. The van der Waals surface area contributed by atoms with Crippen LogP contribution in [0.3, 0.4) is 0 Å². The summed E-state index contributed by atoms with van der Waals surface area (Å²) >= 11 is 0. The Kier molecular flexibility index (Phi) is 4.59. The SMILES string of the molecule is CCOC(C)C(O)Cc1ccc(O)cc1. The predicted octanol–water partition coefficient (Wildman–Crippen LogP) is 1.72. The lowest BCUT2D eigenvalue weighted by Crippen LogP contribution is -2.28. The van der Waals surface area contributed by atoms with Gasteiger partial charge in [0.25, 0.3) is 0 Å². The Morgan fingerprint density at radius 1 is 1.27 bits per heavy atom. The van der Waals surface area contributed by atoms with Crippen LogP contribution in [0.15, 0.2) is 24.3 Å². The van der Waals surface area contributed by atoms with E-state index in [1.165, 1.54) is 0 Å². The first-order chi connectivity index (χ1) is 7.13. The van der Waals surface area contributed by atoms with Gasteiger partial charge in [0.15, 0.2) is 0 Å².